The van der Waals surface area contributed by atoms with Crippen molar-refractivity contribution in [1.82, 2.24) is 4.90 Å². The number of nitrogens with two attached hydrogens (primary N) is 1. The van der Waals surface area contributed by atoms with E-state index in [1.54, 1.807) is 4.90 Å². The van der Waals surface area contributed by atoms with Crippen LogP contribution in [0.15, 0.2) is 60.4 Å². The van der Waals surface area contributed by atoms with Crippen LogP contribution < -0.4 is 10.5 Å². The van der Waals surface area contributed by atoms with Gasteiger partial charge >= 0.3 is 0 Å². The molecule has 0 aliphatic carbocycles. The number of carbonyl (C=O) groups is 1. The number of amides is 1. The van der Waals surface area contributed by atoms with Crippen molar-refractivity contribution < 1.29 is 18.3 Å². The molecule has 28 heavy (non-hydrogen) atoms. The van der Waals surface area contributed by atoms with E-state index < -0.39 is 5.82 Å². The molecule has 0 spiro atoms. The van der Waals surface area contributed by atoms with Gasteiger partial charge in [-0.25, -0.2) is 8.78 Å². The van der Waals surface area contributed by atoms with E-state index in [9.17, 15) is 13.6 Å². The minimum atomic E-state index is -0.653. The molecule has 0 bridgehead atoms. The van der Waals surface area contributed by atoms with Crippen LogP contribution in [0.4, 0.5) is 8.78 Å². The Labute approximate surface area is 163 Å². The van der Waals surface area contributed by atoms with Gasteiger partial charge in [0, 0.05) is 30.8 Å². The van der Waals surface area contributed by atoms with Gasteiger partial charge in [0.1, 0.15) is 6.61 Å². The van der Waals surface area contributed by atoms with Crippen molar-refractivity contribution in [3.8, 4) is 5.75 Å². The number of piperidine rings is 1. The second kappa shape index (κ2) is 9.46. The molecule has 0 unspecified atom stereocenters. The number of hydrogen-bond acceptors (Lipinski definition) is 3. The number of likely N-dealkylation sites (tertiary alicyclic amines) is 1. The first-order chi connectivity index (χ1) is 13.6. The van der Waals surface area contributed by atoms with Gasteiger partial charge in [-0.15, -0.1) is 0 Å². The summed E-state index contributed by atoms with van der Waals surface area (Å²) in [6, 6.07) is 14.4. The van der Waals surface area contributed by atoms with Crippen molar-refractivity contribution in [2.45, 2.75) is 18.8 Å². The predicted molar refractivity (Wildman–Crippen MR) is 104 cm³/mol. The summed E-state index contributed by atoms with van der Waals surface area (Å²) < 4.78 is 32.0. The molecule has 1 amide bonds. The smallest absolute Gasteiger partial charge is 0.253 e. The van der Waals surface area contributed by atoms with Gasteiger partial charge in [-0.05, 0) is 42.5 Å². The largest absolute Gasteiger partial charge is 0.486 e. The molecule has 148 valence electrons. The fourth-order valence-corrected chi connectivity index (χ4v) is 3.38. The van der Waals surface area contributed by atoms with Gasteiger partial charge in [-0.3, -0.25) is 4.79 Å². The molecule has 1 aliphatic rings. The first-order valence-electron chi connectivity index (χ1n) is 9.37. The van der Waals surface area contributed by atoms with Gasteiger partial charge in [-0.1, -0.05) is 30.3 Å². The lowest BCUT2D eigenvalue weighted by Gasteiger charge is -2.32. The standard InChI is InChI=1S/C22H24F2N2O2/c23-13-16(14-25)15-28-21-7-6-19(12-20(21)24)22(27)26-10-8-18(9-11-26)17-4-2-1-3-5-17/h1-7,12-13,18H,8-11,14-15,25H2. The zero-order valence-corrected chi connectivity index (χ0v) is 15.6. The van der Waals surface area contributed by atoms with Crippen molar-refractivity contribution in [2.75, 3.05) is 26.2 Å². The molecule has 1 saturated heterocycles. The van der Waals surface area contributed by atoms with Crippen LogP contribution in [0.1, 0.15) is 34.7 Å². The highest BCUT2D eigenvalue weighted by Gasteiger charge is 2.25. The number of carbonyl (C=O) groups excluding carboxylic acids is 1. The van der Waals surface area contributed by atoms with E-state index >= 15 is 0 Å². The number of ether oxygens (including phenoxy) is 1. The second-order valence-electron chi connectivity index (χ2n) is 6.88. The summed E-state index contributed by atoms with van der Waals surface area (Å²) in [5, 5.41) is 0. The maximum atomic E-state index is 14.3. The van der Waals surface area contributed by atoms with Crippen LogP contribution in [0.25, 0.3) is 0 Å². The third kappa shape index (κ3) is 4.75. The molecule has 0 radical (unpaired) electrons. The summed E-state index contributed by atoms with van der Waals surface area (Å²) in [6.07, 6.45) is 2.13. The average molecular weight is 386 g/mol. The van der Waals surface area contributed by atoms with E-state index in [0.29, 0.717) is 25.3 Å². The quantitative estimate of drug-likeness (QED) is 0.815. The van der Waals surface area contributed by atoms with E-state index in [1.807, 2.05) is 18.2 Å². The lowest BCUT2D eigenvalue weighted by molar-refractivity contribution is 0.0712. The average Bonchev–Trinajstić information content (AvgIpc) is 2.75. The molecule has 0 aromatic heterocycles. The Kier molecular flexibility index (Phi) is 6.76. The van der Waals surface area contributed by atoms with Crippen molar-refractivity contribution in [2.24, 2.45) is 5.73 Å². The van der Waals surface area contributed by atoms with Gasteiger partial charge in [0.25, 0.3) is 5.91 Å². The summed E-state index contributed by atoms with van der Waals surface area (Å²) in [6.45, 7) is 1.14. The molecule has 1 fully saturated rings. The SMILES string of the molecule is NCC(=CF)COc1ccc(C(=O)N2CCC(c3ccccc3)CC2)cc1F. The van der Waals surface area contributed by atoms with Crippen LogP contribution in [0.2, 0.25) is 0 Å². The number of benzene rings is 2. The van der Waals surface area contributed by atoms with Gasteiger partial charge in [-0.2, -0.15) is 0 Å². The number of halogens is 2. The summed E-state index contributed by atoms with van der Waals surface area (Å²) in [4.78, 5) is 14.5. The maximum absolute atomic E-state index is 14.3. The summed E-state index contributed by atoms with van der Waals surface area (Å²) in [7, 11) is 0. The first kappa shape index (κ1) is 20.0. The first-order valence-corrected chi connectivity index (χ1v) is 9.37. The highest BCUT2D eigenvalue weighted by atomic mass is 19.1. The summed E-state index contributed by atoms with van der Waals surface area (Å²) >= 11 is 0. The fourth-order valence-electron chi connectivity index (χ4n) is 3.38. The van der Waals surface area contributed by atoms with Crippen LogP contribution in [-0.4, -0.2) is 37.0 Å². The monoisotopic (exact) mass is 386 g/mol. The Morgan fingerprint density at radius 1 is 1.18 bits per heavy atom. The van der Waals surface area contributed by atoms with Crippen LogP contribution >= 0.6 is 0 Å². The number of hydrogen-bond donors (Lipinski definition) is 1. The zero-order valence-electron chi connectivity index (χ0n) is 15.6. The molecule has 1 aliphatic heterocycles. The van der Waals surface area contributed by atoms with Crippen LogP contribution in [0.3, 0.4) is 0 Å². The van der Waals surface area contributed by atoms with Gasteiger partial charge in [0.05, 0.1) is 6.33 Å². The van der Waals surface area contributed by atoms with Crippen LogP contribution in [0, 0.1) is 5.82 Å². The predicted octanol–water partition coefficient (Wildman–Crippen LogP) is 4.04. The fraction of sp³-hybridized carbons (Fsp3) is 0.318. The van der Waals surface area contributed by atoms with Crippen molar-refractivity contribution in [3.63, 3.8) is 0 Å². The van der Waals surface area contributed by atoms with Crippen molar-refractivity contribution in [1.29, 1.82) is 0 Å². The third-order valence-electron chi connectivity index (χ3n) is 5.06. The Morgan fingerprint density at radius 2 is 1.89 bits per heavy atom. The van der Waals surface area contributed by atoms with E-state index in [0.717, 1.165) is 12.8 Å². The normalized spacial score (nSPS) is 15.5. The minimum Gasteiger partial charge on any atom is -0.486 e. The lowest BCUT2D eigenvalue weighted by atomic mass is 9.89. The molecule has 2 aromatic carbocycles. The van der Waals surface area contributed by atoms with E-state index in [-0.39, 0.29) is 35.9 Å². The summed E-state index contributed by atoms with van der Waals surface area (Å²) in [5.41, 5.74) is 7.14. The molecule has 2 N–H and O–H groups in total. The maximum Gasteiger partial charge on any atom is 0.253 e. The zero-order chi connectivity index (χ0) is 19.9. The molecular formula is C22H24F2N2O2. The lowest BCUT2D eigenvalue weighted by Crippen LogP contribution is -2.37. The van der Waals surface area contributed by atoms with Gasteiger partial charge < -0.3 is 15.4 Å². The topological polar surface area (TPSA) is 55.6 Å². The molecule has 2 aromatic rings. The van der Waals surface area contributed by atoms with Gasteiger partial charge in [0.2, 0.25) is 0 Å². The second-order valence-corrected chi connectivity index (χ2v) is 6.88. The Bertz CT molecular complexity index is 832. The van der Waals surface area contributed by atoms with Crippen LogP contribution in [0.5, 0.6) is 5.75 Å². The van der Waals surface area contributed by atoms with E-state index in [1.165, 1.54) is 23.8 Å². The van der Waals surface area contributed by atoms with E-state index in [2.05, 4.69) is 12.1 Å². The highest BCUT2D eigenvalue weighted by Crippen LogP contribution is 2.29. The molecular weight excluding hydrogens is 362 g/mol. The highest BCUT2D eigenvalue weighted by molar-refractivity contribution is 5.94. The molecule has 0 saturated carbocycles. The van der Waals surface area contributed by atoms with E-state index in [4.69, 9.17) is 10.5 Å². The minimum absolute atomic E-state index is 0.00633. The summed E-state index contributed by atoms with van der Waals surface area (Å²) in [5.74, 6) is -0.436. The molecule has 1 heterocycles. The number of rotatable bonds is 6. The molecule has 4 nitrogen and oxygen atoms in total. The Hall–Kier alpha value is -2.73. The molecule has 3 rings (SSSR count). The van der Waals surface area contributed by atoms with Crippen molar-refractivity contribution >= 4 is 5.91 Å². The molecule has 0 atom stereocenters. The Balaban J connectivity index is 1.60. The van der Waals surface area contributed by atoms with Crippen molar-refractivity contribution in [3.05, 3.63) is 77.4 Å². The third-order valence-corrected chi connectivity index (χ3v) is 5.06. The Morgan fingerprint density at radius 3 is 2.50 bits per heavy atom. The molecule has 6 heteroatoms. The van der Waals surface area contributed by atoms with Gasteiger partial charge in [0.15, 0.2) is 11.6 Å². The number of nitrogens with zero attached hydrogens (tertiary/aromatic N) is 1. The van der Waals surface area contributed by atoms with Crippen LogP contribution in [-0.2, 0) is 0 Å².